The van der Waals surface area contributed by atoms with Crippen LogP contribution in [0, 0.1) is 0 Å². The lowest BCUT2D eigenvalue weighted by molar-refractivity contribution is -0.139. The van der Waals surface area contributed by atoms with E-state index >= 15 is 0 Å². The molecule has 9 nitrogen and oxygen atoms in total. The Kier molecular flexibility index (Phi) is 6.40. The molecule has 0 atom stereocenters. The number of carboxylic acids is 2. The summed E-state index contributed by atoms with van der Waals surface area (Å²) < 4.78 is 11.0. The number of hydrogen-bond donors (Lipinski definition) is 2. The largest absolute Gasteiger partial charge is 0.493 e. The van der Waals surface area contributed by atoms with E-state index in [1.807, 2.05) is 0 Å². The van der Waals surface area contributed by atoms with E-state index in [4.69, 9.17) is 19.7 Å². The quantitative estimate of drug-likeness (QED) is 0.571. The molecule has 2 N–H and O–H groups in total. The molecule has 10 heteroatoms. The van der Waals surface area contributed by atoms with Gasteiger partial charge < -0.3 is 19.7 Å². The Morgan fingerprint density at radius 2 is 1.87 bits per heavy atom. The zero-order valence-corrected chi connectivity index (χ0v) is 18.0. The number of rotatable bonds is 7. The number of hydrogen-bond acceptors (Lipinski definition) is 6. The highest BCUT2D eigenvalue weighted by Gasteiger charge is 2.29. The molecule has 0 aliphatic carbocycles. The van der Waals surface area contributed by atoms with Crippen LogP contribution in [0.2, 0.25) is 0 Å². The van der Waals surface area contributed by atoms with Gasteiger partial charge >= 0.3 is 11.9 Å². The molecule has 2 aromatic carbocycles. The summed E-state index contributed by atoms with van der Waals surface area (Å²) in [6, 6.07) is 9.09. The lowest BCUT2D eigenvalue weighted by atomic mass is 10.1. The fourth-order valence-corrected chi connectivity index (χ4v) is 3.44. The van der Waals surface area contributed by atoms with Gasteiger partial charge in [-0.3, -0.25) is 4.79 Å². The second-order valence-electron chi connectivity index (χ2n) is 6.43. The third-order valence-corrected chi connectivity index (χ3v) is 4.91. The Labute approximate surface area is 185 Å². The van der Waals surface area contributed by atoms with Crippen molar-refractivity contribution in [3.63, 3.8) is 0 Å². The van der Waals surface area contributed by atoms with E-state index in [-0.39, 0.29) is 17.2 Å². The molecule has 0 radical (unpaired) electrons. The summed E-state index contributed by atoms with van der Waals surface area (Å²) >= 11 is 3.33. The lowest BCUT2D eigenvalue weighted by Crippen LogP contribution is -2.21. The van der Waals surface area contributed by atoms with Gasteiger partial charge in [0.1, 0.15) is 0 Å². The molecule has 160 valence electrons. The summed E-state index contributed by atoms with van der Waals surface area (Å²) in [5.74, 6) is -2.03. The summed E-state index contributed by atoms with van der Waals surface area (Å²) in [4.78, 5) is 34.7. The van der Waals surface area contributed by atoms with Gasteiger partial charge in [-0.2, -0.15) is 10.1 Å². The molecule has 0 spiro atoms. The maximum absolute atomic E-state index is 12.9. The summed E-state index contributed by atoms with van der Waals surface area (Å²) in [6.45, 7) is 1.15. The van der Waals surface area contributed by atoms with Gasteiger partial charge in [0.15, 0.2) is 18.1 Å². The van der Waals surface area contributed by atoms with Crippen LogP contribution in [0.4, 0.5) is 5.69 Å². The topological polar surface area (TPSA) is 126 Å². The summed E-state index contributed by atoms with van der Waals surface area (Å²) in [7, 11) is 1.42. The van der Waals surface area contributed by atoms with Crippen LogP contribution in [0.25, 0.3) is 6.08 Å². The second kappa shape index (κ2) is 9.00. The number of anilines is 1. The fourth-order valence-electron chi connectivity index (χ4n) is 2.87. The Morgan fingerprint density at radius 3 is 2.45 bits per heavy atom. The first-order valence-corrected chi connectivity index (χ1v) is 9.67. The van der Waals surface area contributed by atoms with Crippen LogP contribution in [0.3, 0.4) is 0 Å². The van der Waals surface area contributed by atoms with Crippen molar-refractivity contribution in [2.24, 2.45) is 5.10 Å². The molecule has 0 unspecified atom stereocenters. The average molecular weight is 489 g/mol. The fraction of sp³-hybridized carbons (Fsp3) is 0.143. The van der Waals surface area contributed by atoms with Crippen molar-refractivity contribution < 1.29 is 34.1 Å². The zero-order chi connectivity index (χ0) is 22.7. The van der Waals surface area contributed by atoms with Gasteiger partial charge in [-0.15, -0.1) is 0 Å². The van der Waals surface area contributed by atoms with Crippen LogP contribution in [-0.4, -0.2) is 47.5 Å². The number of benzene rings is 2. The summed E-state index contributed by atoms with van der Waals surface area (Å²) in [5.41, 5.74) is 1.97. The van der Waals surface area contributed by atoms with E-state index in [0.717, 1.165) is 0 Å². The SMILES string of the molecule is COc1cc(C=C2C(=O)N(c3ccc(C(=O)O)cc3)N=C2C)cc(Br)c1OCC(=O)O. The van der Waals surface area contributed by atoms with E-state index < -0.39 is 18.5 Å². The van der Waals surface area contributed by atoms with Gasteiger partial charge in [0.05, 0.1) is 34.1 Å². The molecular formula is C21H17BrN2O7. The monoisotopic (exact) mass is 488 g/mol. The van der Waals surface area contributed by atoms with Crippen LogP contribution >= 0.6 is 15.9 Å². The van der Waals surface area contributed by atoms with Crippen LogP contribution in [0.1, 0.15) is 22.8 Å². The standard InChI is InChI=1S/C21H17BrN2O7/c1-11-15(20(27)24(23-11)14-5-3-13(4-6-14)21(28)29)7-12-8-16(22)19(17(9-12)30-2)31-10-18(25)26/h3-9H,10H2,1-2H3,(H,25,26)(H,28,29). The molecule has 1 aliphatic rings. The van der Waals surface area contributed by atoms with Crippen LogP contribution < -0.4 is 14.5 Å². The summed E-state index contributed by atoms with van der Waals surface area (Å²) in [5, 5.41) is 23.3. The Balaban J connectivity index is 1.90. The molecule has 0 aromatic heterocycles. The van der Waals surface area contributed by atoms with Gasteiger partial charge in [-0.1, -0.05) is 0 Å². The van der Waals surface area contributed by atoms with Crippen molar-refractivity contribution in [1.29, 1.82) is 0 Å². The minimum atomic E-state index is -1.12. The van der Waals surface area contributed by atoms with Crippen LogP contribution in [-0.2, 0) is 9.59 Å². The Bertz CT molecular complexity index is 1120. The van der Waals surface area contributed by atoms with Crippen LogP contribution in [0.15, 0.2) is 51.5 Å². The van der Waals surface area contributed by atoms with Crippen molar-refractivity contribution in [1.82, 2.24) is 0 Å². The molecule has 0 saturated heterocycles. The predicted octanol–water partition coefficient (Wildman–Crippen LogP) is 3.43. The first kappa shape index (κ1) is 22.0. The van der Waals surface area contributed by atoms with Crippen molar-refractivity contribution in [3.05, 3.63) is 57.6 Å². The zero-order valence-electron chi connectivity index (χ0n) is 16.5. The van der Waals surface area contributed by atoms with Crippen molar-refractivity contribution in [2.75, 3.05) is 18.7 Å². The maximum atomic E-state index is 12.9. The number of halogens is 1. The molecule has 0 saturated carbocycles. The van der Waals surface area contributed by atoms with E-state index in [2.05, 4.69) is 21.0 Å². The molecule has 0 bridgehead atoms. The smallest absolute Gasteiger partial charge is 0.341 e. The van der Waals surface area contributed by atoms with Crippen LogP contribution in [0.5, 0.6) is 11.5 Å². The highest BCUT2D eigenvalue weighted by atomic mass is 79.9. The number of aromatic carboxylic acids is 1. The molecule has 1 heterocycles. The third-order valence-electron chi connectivity index (χ3n) is 4.32. The molecule has 0 fully saturated rings. The highest BCUT2D eigenvalue weighted by molar-refractivity contribution is 9.10. The lowest BCUT2D eigenvalue weighted by Gasteiger charge is -2.13. The van der Waals surface area contributed by atoms with Gasteiger partial charge in [0.25, 0.3) is 5.91 Å². The number of nitrogens with zero attached hydrogens (tertiary/aromatic N) is 2. The first-order chi connectivity index (χ1) is 14.7. The minimum absolute atomic E-state index is 0.106. The van der Waals surface area contributed by atoms with E-state index in [1.165, 1.54) is 36.4 Å². The number of carbonyl (C=O) groups excluding carboxylic acids is 1. The molecule has 1 aliphatic heterocycles. The van der Waals surface area contributed by atoms with Gasteiger partial charge in [0.2, 0.25) is 0 Å². The van der Waals surface area contributed by atoms with Gasteiger partial charge in [-0.05, 0) is 70.9 Å². The van der Waals surface area contributed by atoms with Gasteiger partial charge in [0, 0.05) is 0 Å². The van der Waals surface area contributed by atoms with E-state index in [1.54, 1.807) is 25.1 Å². The number of aliphatic carboxylic acids is 1. The number of amides is 1. The molecule has 3 rings (SSSR count). The number of methoxy groups -OCH3 is 1. The number of carbonyl (C=O) groups is 3. The highest BCUT2D eigenvalue weighted by Crippen LogP contribution is 2.37. The maximum Gasteiger partial charge on any atom is 0.341 e. The predicted molar refractivity (Wildman–Crippen MR) is 116 cm³/mol. The average Bonchev–Trinajstić information content (AvgIpc) is 3.00. The second-order valence-corrected chi connectivity index (χ2v) is 7.28. The third kappa shape index (κ3) is 4.75. The van der Waals surface area contributed by atoms with Crippen molar-refractivity contribution >= 4 is 51.3 Å². The molecule has 1 amide bonds. The van der Waals surface area contributed by atoms with Crippen molar-refractivity contribution in [2.45, 2.75) is 6.92 Å². The number of carboxylic acid groups (broad SMARTS) is 2. The Morgan fingerprint density at radius 1 is 1.19 bits per heavy atom. The molecular weight excluding hydrogens is 472 g/mol. The van der Waals surface area contributed by atoms with Gasteiger partial charge in [-0.25, -0.2) is 9.59 Å². The first-order valence-electron chi connectivity index (χ1n) is 8.88. The summed E-state index contributed by atoms with van der Waals surface area (Å²) in [6.07, 6.45) is 1.63. The number of ether oxygens (including phenoxy) is 2. The minimum Gasteiger partial charge on any atom is -0.493 e. The molecule has 31 heavy (non-hydrogen) atoms. The number of hydrazone groups is 1. The molecule has 2 aromatic rings. The van der Waals surface area contributed by atoms with E-state index in [9.17, 15) is 14.4 Å². The Hall–Kier alpha value is -3.66. The van der Waals surface area contributed by atoms with E-state index in [0.29, 0.717) is 32.8 Å². The van der Waals surface area contributed by atoms with Crippen molar-refractivity contribution in [3.8, 4) is 11.5 Å². The normalized spacial score (nSPS) is 14.5.